The van der Waals surface area contributed by atoms with Crippen LogP contribution in [0.4, 0.5) is 4.39 Å². The van der Waals surface area contributed by atoms with Crippen LogP contribution in [0, 0.1) is 5.82 Å². The topological polar surface area (TPSA) is 57.6 Å². The number of rotatable bonds is 4. The Bertz CT molecular complexity index is 729. The van der Waals surface area contributed by atoms with Crippen molar-refractivity contribution < 1.29 is 17.9 Å². The van der Waals surface area contributed by atoms with Crippen molar-refractivity contribution in [2.24, 2.45) is 0 Å². The first-order valence-corrected chi connectivity index (χ1v) is 7.79. The third-order valence-electron chi connectivity index (χ3n) is 3.39. The molecule has 4 nitrogen and oxygen atoms in total. The van der Waals surface area contributed by atoms with Gasteiger partial charge in [0.15, 0.2) is 0 Å². The van der Waals surface area contributed by atoms with Crippen LogP contribution >= 0.6 is 0 Å². The molecule has 0 aliphatic rings. The Balaban J connectivity index is 2.33. The molecule has 1 N–H and O–H groups in total. The smallest absolute Gasteiger partial charge is 0.243 e. The third kappa shape index (κ3) is 3.22. The fraction of sp³-hybridized carbons (Fsp3) is 0.200. The summed E-state index contributed by atoms with van der Waals surface area (Å²) in [6.07, 6.45) is 0. The first kappa shape index (κ1) is 15.5. The van der Waals surface area contributed by atoms with Gasteiger partial charge in [-0.2, -0.15) is 4.31 Å². The molecule has 6 heteroatoms. The Morgan fingerprint density at radius 3 is 2.33 bits per heavy atom. The van der Waals surface area contributed by atoms with Crippen molar-refractivity contribution in [3.63, 3.8) is 0 Å². The van der Waals surface area contributed by atoms with Gasteiger partial charge < -0.3 is 5.11 Å². The normalized spacial score (nSPS) is 13.3. The lowest BCUT2D eigenvalue weighted by Crippen LogP contribution is -2.29. The molecular formula is C15H16FNO3S. The summed E-state index contributed by atoms with van der Waals surface area (Å²) in [6, 6.07) is 10.8. The molecule has 0 bridgehead atoms. The second-order valence-electron chi connectivity index (χ2n) is 4.75. The fourth-order valence-electron chi connectivity index (χ4n) is 1.96. The zero-order valence-electron chi connectivity index (χ0n) is 11.7. The van der Waals surface area contributed by atoms with Crippen LogP contribution in [0.15, 0.2) is 53.4 Å². The molecule has 0 fully saturated rings. The molecule has 1 unspecified atom stereocenters. The first-order valence-electron chi connectivity index (χ1n) is 6.35. The van der Waals surface area contributed by atoms with Crippen molar-refractivity contribution in [3.8, 4) is 5.75 Å². The maximum Gasteiger partial charge on any atom is 0.243 e. The van der Waals surface area contributed by atoms with E-state index < -0.39 is 21.9 Å². The standard InChI is InChI=1S/C15H16FNO3S/c1-11(12-6-8-14(18)9-7-12)17(2)21(19,20)15-5-3-4-13(16)10-15/h3-11,18H,1-2H3. The molecule has 0 saturated heterocycles. The maximum absolute atomic E-state index is 13.2. The van der Waals surface area contributed by atoms with Crippen LogP contribution in [-0.4, -0.2) is 24.9 Å². The quantitative estimate of drug-likeness (QED) is 0.944. The molecule has 0 aliphatic heterocycles. The highest BCUT2D eigenvalue weighted by molar-refractivity contribution is 7.89. The molecule has 0 amide bonds. The summed E-state index contributed by atoms with van der Waals surface area (Å²) in [6.45, 7) is 1.73. The van der Waals surface area contributed by atoms with E-state index in [1.54, 1.807) is 19.1 Å². The van der Waals surface area contributed by atoms with Crippen LogP contribution in [0.3, 0.4) is 0 Å². The van der Waals surface area contributed by atoms with Gasteiger partial charge in [-0.15, -0.1) is 0 Å². The van der Waals surface area contributed by atoms with Crippen LogP contribution in [0.1, 0.15) is 18.5 Å². The van der Waals surface area contributed by atoms with Gasteiger partial charge in [-0.05, 0) is 42.8 Å². The van der Waals surface area contributed by atoms with Crippen molar-refractivity contribution in [2.45, 2.75) is 17.9 Å². The number of sulfonamides is 1. The van der Waals surface area contributed by atoms with E-state index in [-0.39, 0.29) is 10.6 Å². The Labute approximate surface area is 123 Å². The molecular weight excluding hydrogens is 293 g/mol. The summed E-state index contributed by atoms with van der Waals surface area (Å²) in [5.41, 5.74) is 0.732. The van der Waals surface area contributed by atoms with Gasteiger partial charge in [-0.3, -0.25) is 0 Å². The second kappa shape index (κ2) is 5.83. The van der Waals surface area contributed by atoms with Gasteiger partial charge in [-0.25, -0.2) is 12.8 Å². The maximum atomic E-state index is 13.2. The van der Waals surface area contributed by atoms with Crippen LogP contribution < -0.4 is 0 Å². The predicted octanol–water partition coefficient (Wildman–Crippen LogP) is 2.91. The van der Waals surface area contributed by atoms with Gasteiger partial charge >= 0.3 is 0 Å². The SMILES string of the molecule is CC(c1ccc(O)cc1)N(C)S(=O)(=O)c1cccc(F)c1. The lowest BCUT2D eigenvalue weighted by molar-refractivity contribution is 0.397. The van der Waals surface area contributed by atoms with Crippen molar-refractivity contribution in [3.05, 3.63) is 59.9 Å². The molecule has 2 aromatic carbocycles. The lowest BCUT2D eigenvalue weighted by Gasteiger charge is -2.24. The molecule has 0 aromatic heterocycles. The fourth-order valence-corrected chi connectivity index (χ4v) is 3.35. The molecule has 2 rings (SSSR count). The number of nitrogens with zero attached hydrogens (tertiary/aromatic N) is 1. The first-order chi connectivity index (χ1) is 9.82. The Morgan fingerprint density at radius 1 is 1.14 bits per heavy atom. The monoisotopic (exact) mass is 309 g/mol. The van der Waals surface area contributed by atoms with E-state index in [0.29, 0.717) is 0 Å². The minimum Gasteiger partial charge on any atom is -0.508 e. The van der Waals surface area contributed by atoms with Crippen LogP contribution in [-0.2, 0) is 10.0 Å². The largest absolute Gasteiger partial charge is 0.508 e. The van der Waals surface area contributed by atoms with Crippen LogP contribution in [0.2, 0.25) is 0 Å². The Kier molecular flexibility index (Phi) is 4.29. The van der Waals surface area contributed by atoms with Crippen molar-refractivity contribution >= 4 is 10.0 Å². The lowest BCUT2D eigenvalue weighted by atomic mass is 10.1. The highest BCUT2D eigenvalue weighted by Gasteiger charge is 2.26. The third-order valence-corrected chi connectivity index (χ3v) is 5.32. The Morgan fingerprint density at radius 2 is 1.76 bits per heavy atom. The molecule has 0 aliphatic carbocycles. The number of phenolic OH excluding ortho intramolecular Hbond substituents is 1. The van der Waals surface area contributed by atoms with Gasteiger partial charge in [0.05, 0.1) is 4.90 Å². The summed E-state index contributed by atoms with van der Waals surface area (Å²) in [5, 5.41) is 9.27. The van der Waals surface area contributed by atoms with E-state index in [1.807, 2.05) is 0 Å². The molecule has 2 aromatic rings. The van der Waals surface area contributed by atoms with Gasteiger partial charge in [0.2, 0.25) is 10.0 Å². The summed E-state index contributed by atoms with van der Waals surface area (Å²) in [7, 11) is -2.35. The number of phenols is 1. The van der Waals surface area contributed by atoms with Gasteiger partial charge in [-0.1, -0.05) is 18.2 Å². The number of halogens is 1. The average molecular weight is 309 g/mol. The zero-order chi connectivity index (χ0) is 15.6. The predicted molar refractivity (Wildman–Crippen MR) is 77.9 cm³/mol. The summed E-state index contributed by atoms with van der Waals surface area (Å²) in [5.74, 6) is -0.483. The number of aromatic hydroxyl groups is 1. The van der Waals surface area contributed by atoms with E-state index in [1.165, 1.54) is 41.7 Å². The van der Waals surface area contributed by atoms with Gasteiger partial charge in [0, 0.05) is 13.1 Å². The van der Waals surface area contributed by atoms with E-state index in [9.17, 15) is 17.9 Å². The summed E-state index contributed by atoms with van der Waals surface area (Å²) in [4.78, 5) is -0.0874. The minimum absolute atomic E-state index is 0.0874. The number of hydrogen-bond donors (Lipinski definition) is 1. The van der Waals surface area contributed by atoms with Crippen molar-refractivity contribution in [1.82, 2.24) is 4.31 Å². The van der Waals surface area contributed by atoms with E-state index in [2.05, 4.69) is 0 Å². The van der Waals surface area contributed by atoms with Gasteiger partial charge in [0.1, 0.15) is 11.6 Å². The molecule has 21 heavy (non-hydrogen) atoms. The van der Waals surface area contributed by atoms with Crippen molar-refractivity contribution in [1.29, 1.82) is 0 Å². The number of hydrogen-bond acceptors (Lipinski definition) is 3. The van der Waals surface area contributed by atoms with E-state index >= 15 is 0 Å². The zero-order valence-corrected chi connectivity index (χ0v) is 12.5. The summed E-state index contributed by atoms with van der Waals surface area (Å²) >= 11 is 0. The molecule has 0 heterocycles. The van der Waals surface area contributed by atoms with Crippen molar-refractivity contribution in [2.75, 3.05) is 7.05 Å². The average Bonchev–Trinajstić information content (AvgIpc) is 2.46. The van der Waals surface area contributed by atoms with E-state index in [0.717, 1.165) is 11.6 Å². The van der Waals surface area contributed by atoms with E-state index in [4.69, 9.17) is 0 Å². The molecule has 0 radical (unpaired) electrons. The minimum atomic E-state index is -3.79. The molecule has 112 valence electrons. The van der Waals surface area contributed by atoms with Gasteiger partial charge in [0.25, 0.3) is 0 Å². The van der Waals surface area contributed by atoms with Crippen LogP contribution in [0.25, 0.3) is 0 Å². The molecule has 1 atom stereocenters. The second-order valence-corrected chi connectivity index (χ2v) is 6.74. The summed E-state index contributed by atoms with van der Waals surface area (Å²) < 4.78 is 39.3. The highest BCUT2D eigenvalue weighted by Crippen LogP contribution is 2.26. The number of benzene rings is 2. The Hall–Kier alpha value is -1.92. The molecule has 0 spiro atoms. The molecule has 0 saturated carbocycles. The van der Waals surface area contributed by atoms with Crippen LogP contribution in [0.5, 0.6) is 5.75 Å². The highest BCUT2D eigenvalue weighted by atomic mass is 32.2.